The van der Waals surface area contributed by atoms with Crippen LogP contribution in [0.1, 0.15) is 5.56 Å². The van der Waals surface area contributed by atoms with E-state index in [1.54, 1.807) is 12.4 Å². The molecule has 0 saturated heterocycles. The van der Waals surface area contributed by atoms with E-state index in [2.05, 4.69) is 4.98 Å². The van der Waals surface area contributed by atoms with Gasteiger partial charge in [-0.05, 0) is 11.6 Å². The van der Waals surface area contributed by atoms with Crippen LogP contribution in [0.3, 0.4) is 0 Å². The first-order valence-corrected chi connectivity index (χ1v) is 3.59. The lowest BCUT2D eigenvalue weighted by Crippen LogP contribution is -1.72. The zero-order chi connectivity index (χ0) is 7.23. The fourth-order valence-electron chi connectivity index (χ4n) is 0.655. The number of allylic oxidation sites excluding steroid dienone is 1. The molecule has 0 saturated carbocycles. The zero-order valence-corrected chi connectivity index (χ0v) is 7.48. The van der Waals surface area contributed by atoms with Crippen LogP contribution in [0.15, 0.2) is 30.6 Å². The third-order valence-corrected chi connectivity index (χ3v) is 1.26. The molecule has 0 aromatic carbocycles. The van der Waals surface area contributed by atoms with Crippen molar-refractivity contribution in [2.75, 3.05) is 5.88 Å². The summed E-state index contributed by atoms with van der Waals surface area (Å²) in [5, 5.41) is 0. The van der Waals surface area contributed by atoms with E-state index in [4.69, 9.17) is 11.6 Å². The van der Waals surface area contributed by atoms with Crippen molar-refractivity contribution >= 4 is 30.1 Å². The van der Waals surface area contributed by atoms with Gasteiger partial charge >= 0.3 is 0 Å². The van der Waals surface area contributed by atoms with Crippen LogP contribution in [-0.4, -0.2) is 10.9 Å². The van der Waals surface area contributed by atoms with E-state index in [-0.39, 0.29) is 12.4 Å². The molecular formula is C8H9Cl2N. The van der Waals surface area contributed by atoms with Gasteiger partial charge in [-0.1, -0.05) is 18.2 Å². The van der Waals surface area contributed by atoms with Gasteiger partial charge in [0.15, 0.2) is 0 Å². The Balaban J connectivity index is 0.000001000. The molecule has 0 aliphatic carbocycles. The summed E-state index contributed by atoms with van der Waals surface area (Å²) < 4.78 is 0. The van der Waals surface area contributed by atoms with Crippen molar-refractivity contribution in [3.63, 3.8) is 0 Å². The molecular weight excluding hydrogens is 181 g/mol. The molecule has 1 rings (SSSR count). The summed E-state index contributed by atoms with van der Waals surface area (Å²) in [5.41, 5.74) is 1.09. The van der Waals surface area contributed by atoms with E-state index in [0.717, 1.165) is 5.56 Å². The van der Waals surface area contributed by atoms with Crippen LogP contribution in [-0.2, 0) is 0 Å². The van der Waals surface area contributed by atoms with Crippen molar-refractivity contribution < 1.29 is 0 Å². The lowest BCUT2D eigenvalue weighted by Gasteiger charge is -1.87. The third-order valence-electron chi connectivity index (χ3n) is 1.08. The highest BCUT2D eigenvalue weighted by Crippen LogP contribution is 1.97. The van der Waals surface area contributed by atoms with Gasteiger partial charge in [0.05, 0.1) is 0 Å². The molecule has 60 valence electrons. The Morgan fingerprint density at radius 1 is 1.55 bits per heavy atom. The van der Waals surface area contributed by atoms with Crippen molar-refractivity contribution in [3.05, 3.63) is 36.2 Å². The van der Waals surface area contributed by atoms with E-state index < -0.39 is 0 Å². The Bertz CT molecular complexity index is 209. The van der Waals surface area contributed by atoms with Crippen molar-refractivity contribution in [2.24, 2.45) is 0 Å². The monoisotopic (exact) mass is 189 g/mol. The molecule has 3 heteroatoms. The van der Waals surface area contributed by atoms with Gasteiger partial charge in [-0.3, -0.25) is 4.98 Å². The maximum Gasteiger partial charge on any atom is 0.0407 e. The quantitative estimate of drug-likeness (QED) is 0.653. The number of hydrogen-bond donors (Lipinski definition) is 0. The SMILES string of the molecule is Cl.ClCC=Cc1cccnc1. The van der Waals surface area contributed by atoms with E-state index in [1.807, 2.05) is 24.3 Å². The van der Waals surface area contributed by atoms with E-state index >= 15 is 0 Å². The summed E-state index contributed by atoms with van der Waals surface area (Å²) in [6.07, 6.45) is 7.37. The number of pyridine rings is 1. The first kappa shape index (κ1) is 10.5. The molecule has 0 unspecified atom stereocenters. The van der Waals surface area contributed by atoms with Crippen LogP contribution in [0.2, 0.25) is 0 Å². The molecule has 0 N–H and O–H groups in total. The van der Waals surface area contributed by atoms with Crippen LogP contribution in [0.5, 0.6) is 0 Å². The Labute approximate surface area is 77.5 Å². The second-order valence-corrected chi connectivity index (χ2v) is 2.15. The van der Waals surface area contributed by atoms with Crippen LogP contribution in [0.4, 0.5) is 0 Å². The summed E-state index contributed by atoms with van der Waals surface area (Å²) in [7, 11) is 0. The first-order valence-electron chi connectivity index (χ1n) is 3.06. The Kier molecular flexibility index (Phi) is 5.90. The highest BCUT2D eigenvalue weighted by atomic mass is 35.5. The average molecular weight is 190 g/mol. The highest BCUT2D eigenvalue weighted by molar-refractivity contribution is 6.19. The predicted molar refractivity (Wildman–Crippen MR) is 51.2 cm³/mol. The fraction of sp³-hybridized carbons (Fsp3) is 0.125. The molecule has 1 aromatic rings. The lowest BCUT2D eigenvalue weighted by molar-refractivity contribution is 1.32. The number of rotatable bonds is 2. The minimum atomic E-state index is 0. The second-order valence-electron chi connectivity index (χ2n) is 1.84. The smallest absolute Gasteiger partial charge is 0.0407 e. The van der Waals surface area contributed by atoms with Crippen molar-refractivity contribution in [2.45, 2.75) is 0 Å². The lowest BCUT2D eigenvalue weighted by atomic mass is 10.3. The molecule has 1 aromatic heterocycles. The topological polar surface area (TPSA) is 12.9 Å². The molecule has 0 spiro atoms. The molecule has 11 heavy (non-hydrogen) atoms. The van der Waals surface area contributed by atoms with Crippen LogP contribution in [0, 0.1) is 0 Å². The Morgan fingerprint density at radius 3 is 2.91 bits per heavy atom. The number of nitrogens with zero attached hydrogens (tertiary/aromatic N) is 1. The average Bonchev–Trinajstić information content (AvgIpc) is 2.03. The molecule has 0 amide bonds. The number of aromatic nitrogens is 1. The van der Waals surface area contributed by atoms with Gasteiger partial charge in [0, 0.05) is 18.3 Å². The maximum atomic E-state index is 5.44. The van der Waals surface area contributed by atoms with Gasteiger partial charge in [-0.15, -0.1) is 24.0 Å². The van der Waals surface area contributed by atoms with Crippen LogP contribution < -0.4 is 0 Å². The molecule has 0 radical (unpaired) electrons. The van der Waals surface area contributed by atoms with Crippen LogP contribution >= 0.6 is 24.0 Å². The van der Waals surface area contributed by atoms with E-state index in [1.165, 1.54) is 0 Å². The first-order chi connectivity index (χ1) is 4.93. The molecule has 0 aliphatic heterocycles. The Hall–Kier alpha value is -0.530. The summed E-state index contributed by atoms with van der Waals surface area (Å²) >= 11 is 5.44. The zero-order valence-electron chi connectivity index (χ0n) is 5.90. The second kappa shape index (κ2) is 6.20. The molecule has 0 bridgehead atoms. The third kappa shape index (κ3) is 4.02. The summed E-state index contributed by atoms with van der Waals surface area (Å²) in [6, 6.07) is 3.88. The van der Waals surface area contributed by atoms with Crippen LogP contribution in [0.25, 0.3) is 6.08 Å². The predicted octanol–water partition coefficient (Wildman–Crippen LogP) is 2.76. The molecule has 0 fully saturated rings. The normalized spacial score (nSPS) is 9.55. The van der Waals surface area contributed by atoms with Crippen molar-refractivity contribution in [3.8, 4) is 0 Å². The van der Waals surface area contributed by atoms with E-state index in [9.17, 15) is 0 Å². The molecule has 0 aliphatic rings. The van der Waals surface area contributed by atoms with Gasteiger partial charge in [0.1, 0.15) is 0 Å². The van der Waals surface area contributed by atoms with Gasteiger partial charge in [0.2, 0.25) is 0 Å². The fourth-order valence-corrected chi connectivity index (χ4v) is 0.744. The number of hydrogen-bond acceptors (Lipinski definition) is 1. The minimum Gasteiger partial charge on any atom is -0.264 e. The van der Waals surface area contributed by atoms with E-state index in [0.29, 0.717) is 5.88 Å². The number of alkyl halides is 1. The largest absolute Gasteiger partial charge is 0.264 e. The Morgan fingerprint density at radius 2 is 2.36 bits per heavy atom. The number of halogens is 2. The van der Waals surface area contributed by atoms with Gasteiger partial charge in [-0.2, -0.15) is 0 Å². The molecule has 1 nitrogen and oxygen atoms in total. The van der Waals surface area contributed by atoms with Gasteiger partial charge in [-0.25, -0.2) is 0 Å². The standard InChI is InChI=1S/C8H8ClN.ClH/c9-5-1-3-8-4-2-6-10-7-8;/h1-4,6-7H,5H2;1H. The highest BCUT2D eigenvalue weighted by Gasteiger charge is 1.80. The van der Waals surface area contributed by atoms with Crippen molar-refractivity contribution in [1.82, 2.24) is 4.98 Å². The maximum absolute atomic E-state index is 5.44. The van der Waals surface area contributed by atoms with Crippen molar-refractivity contribution in [1.29, 1.82) is 0 Å². The van der Waals surface area contributed by atoms with Gasteiger partial charge in [0.25, 0.3) is 0 Å². The summed E-state index contributed by atoms with van der Waals surface area (Å²) in [5.74, 6) is 0.550. The van der Waals surface area contributed by atoms with Gasteiger partial charge < -0.3 is 0 Å². The summed E-state index contributed by atoms with van der Waals surface area (Å²) in [4.78, 5) is 3.94. The molecule has 1 heterocycles. The summed E-state index contributed by atoms with van der Waals surface area (Å²) in [6.45, 7) is 0. The molecule has 0 atom stereocenters. The minimum absolute atomic E-state index is 0.